The lowest BCUT2D eigenvalue weighted by atomic mass is 10.1. The second kappa shape index (κ2) is 9.87. The molecule has 0 aliphatic rings. The second-order valence-electron chi connectivity index (χ2n) is 7.38. The summed E-state index contributed by atoms with van der Waals surface area (Å²) < 4.78 is 6.46. The molecule has 0 saturated carbocycles. The Bertz CT molecular complexity index is 1220. The van der Waals surface area contributed by atoms with E-state index in [1.807, 2.05) is 65.3 Å². The molecule has 2 heterocycles. The van der Waals surface area contributed by atoms with Crippen molar-refractivity contribution in [2.24, 2.45) is 0 Å². The van der Waals surface area contributed by atoms with Crippen molar-refractivity contribution in [1.29, 1.82) is 0 Å². The van der Waals surface area contributed by atoms with E-state index < -0.39 is 0 Å². The average Bonchev–Trinajstić information content (AvgIpc) is 3.24. The first-order valence-electron chi connectivity index (χ1n) is 10.5. The second-order valence-corrected chi connectivity index (χ2v) is 7.38. The fraction of sp³-hybridized carbons (Fsp3) is 0.200. The van der Waals surface area contributed by atoms with Crippen molar-refractivity contribution >= 4 is 22.9 Å². The molecule has 162 valence electrons. The molecule has 0 spiro atoms. The Morgan fingerprint density at radius 3 is 2.47 bits per heavy atom. The molecule has 0 atom stereocenters. The van der Waals surface area contributed by atoms with Gasteiger partial charge in [0.15, 0.2) is 5.65 Å². The fourth-order valence-corrected chi connectivity index (χ4v) is 3.50. The van der Waals surface area contributed by atoms with Crippen LogP contribution >= 0.6 is 0 Å². The van der Waals surface area contributed by atoms with Crippen molar-refractivity contribution in [3.05, 3.63) is 84.1 Å². The van der Waals surface area contributed by atoms with Crippen molar-refractivity contribution in [1.82, 2.24) is 20.1 Å². The average molecular weight is 428 g/mol. The van der Waals surface area contributed by atoms with Gasteiger partial charge >= 0.3 is 5.97 Å². The summed E-state index contributed by atoms with van der Waals surface area (Å²) in [4.78, 5) is 29.2. The number of nitrogens with one attached hydrogen (secondary N) is 1. The summed E-state index contributed by atoms with van der Waals surface area (Å²) in [6.45, 7) is 0.923. The van der Waals surface area contributed by atoms with Crippen LogP contribution in [0.1, 0.15) is 28.8 Å². The van der Waals surface area contributed by atoms with Crippen LogP contribution in [0, 0.1) is 0 Å². The van der Waals surface area contributed by atoms with Gasteiger partial charge < -0.3 is 10.1 Å². The van der Waals surface area contributed by atoms with Crippen molar-refractivity contribution in [2.75, 3.05) is 13.7 Å². The van der Waals surface area contributed by atoms with Gasteiger partial charge in [-0.15, -0.1) is 0 Å². The number of esters is 1. The molecule has 0 radical (unpaired) electrons. The van der Waals surface area contributed by atoms with Gasteiger partial charge in [-0.25, -0.2) is 9.67 Å². The van der Waals surface area contributed by atoms with E-state index in [-0.39, 0.29) is 18.3 Å². The SMILES string of the molecule is COC(=O)CCCNC(=O)c1cc(-c2ccccc2)nc2c1cnn2Cc1ccccc1. The Balaban J connectivity index is 1.67. The zero-order valence-electron chi connectivity index (χ0n) is 17.8. The highest BCUT2D eigenvalue weighted by Gasteiger charge is 2.17. The van der Waals surface area contributed by atoms with E-state index in [2.05, 4.69) is 15.2 Å². The van der Waals surface area contributed by atoms with Crippen LogP contribution in [0.2, 0.25) is 0 Å². The van der Waals surface area contributed by atoms with Gasteiger partial charge in [0.25, 0.3) is 5.91 Å². The van der Waals surface area contributed by atoms with Crippen molar-refractivity contribution in [3.8, 4) is 11.3 Å². The summed E-state index contributed by atoms with van der Waals surface area (Å²) in [5.41, 5.74) is 3.87. The smallest absolute Gasteiger partial charge is 0.305 e. The number of rotatable bonds is 8. The minimum atomic E-state index is -0.292. The molecule has 32 heavy (non-hydrogen) atoms. The number of hydrogen-bond donors (Lipinski definition) is 1. The summed E-state index contributed by atoms with van der Waals surface area (Å²) in [6, 6.07) is 21.5. The maximum Gasteiger partial charge on any atom is 0.305 e. The molecule has 2 aromatic carbocycles. The van der Waals surface area contributed by atoms with E-state index in [1.54, 1.807) is 12.3 Å². The number of carbonyl (C=O) groups excluding carboxylic acids is 2. The van der Waals surface area contributed by atoms with Gasteiger partial charge in [-0.05, 0) is 18.1 Å². The molecule has 4 aromatic rings. The first-order valence-corrected chi connectivity index (χ1v) is 10.5. The molecular weight excluding hydrogens is 404 g/mol. The lowest BCUT2D eigenvalue weighted by Crippen LogP contribution is -2.25. The topological polar surface area (TPSA) is 86.1 Å². The maximum absolute atomic E-state index is 13.0. The van der Waals surface area contributed by atoms with Gasteiger partial charge in [-0.1, -0.05) is 60.7 Å². The summed E-state index contributed by atoms with van der Waals surface area (Å²) in [5, 5.41) is 8.09. The minimum Gasteiger partial charge on any atom is -0.469 e. The lowest BCUT2D eigenvalue weighted by Gasteiger charge is -2.10. The molecule has 0 unspecified atom stereocenters. The number of ether oxygens (including phenoxy) is 1. The highest BCUT2D eigenvalue weighted by Crippen LogP contribution is 2.25. The van der Waals surface area contributed by atoms with Gasteiger partial charge in [0.05, 0.1) is 36.5 Å². The van der Waals surface area contributed by atoms with E-state index in [0.717, 1.165) is 11.1 Å². The first kappa shape index (κ1) is 21.2. The van der Waals surface area contributed by atoms with E-state index in [4.69, 9.17) is 4.98 Å². The predicted molar refractivity (Wildman–Crippen MR) is 122 cm³/mol. The first-order chi connectivity index (χ1) is 15.7. The number of carbonyl (C=O) groups is 2. The number of fused-ring (bicyclic) bond motifs is 1. The number of amides is 1. The monoisotopic (exact) mass is 428 g/mol. The van der Waals surface area contributed by atoms with Gasteiger partial charge in [0.1, 0.15) is 0 Å². The van der Waals surface area contributed by atoms with Crippen LogP contribution < -0.4 is 5.32 Å². The third-order valence-corrected chi connectivity index (χ3v) is 5.17. The largest absolute Gasteiger partial charge is 0.469 e. The highest BCUT2D eigenvalue weighted by atomic mass is 16.5. The van der Waals surface area contributed by atoms with Crippen LogP contribution in [0.3, 0.4) is 0 Å². The quantitative estimate of drug-likeness (QED) is 0.341. The summed E-state index contributed by atoms with van der Waals surface area (Å²) in [7, 11) is 1.35. The zero-order chi connectivity index (χ0) is 22.3. The normalized spacial score (nSPS) is 10.8. The zero-order valence-corrected chi connectivity index (χ0v) is 17.8. The van der Waals surface area contributed by atoms with Crippen LogP contribution in [0.5, 0.6) is 0 Å². The van der Waals surface area contributed by atoms with Gasteiger partial charge in [-0.2, -0.15) is 5.10 Å². The number of hydrogen-bond acceptors (Lipinski definition) is 5. The summed E-state index contributed by atoms with van der Waals surface area (Å²) in [6.07, 6.45) is 2.45. The Kier molecular flexibility index (Phi) is 6.55. The Hall–Kier alpha value is -4.00. The molecule has 2 aromatic heterocycles. The number of benzene rings is 2. The molecule has 0 saturated heterocycles. The third kappa shape index (κ3) is 4.83. The molecule has 0 aliphatic carbocycles. The summed E-state index contributed by atoms with van der Waals surface area (Å²) in [5.74, 6) is -0.516. The molecule has 0 aliphatic heterocycles. The number of pyridine rings is 1. The van der Waals surface area contributed by atoms with Crippen molar-refractivity contribution in [3.63, 3.8) is 0 Å². The standard InChI is InChI=1S/C25H24N4O3/c1-32-23(30)13-8-14-26-25(31)20-15-22(19-11-6-3-7-12-19)28-24-21(20)16-27-29(24)17-18-9-4-2-5-10-18/h2-7,9-12,15-16H,8,13-14,17H2,1H3,(H,26,31). The highest BCUT2D eigenvalue weighted by molar-refractivity contribution is 6.06. The minimum absolute atomic E-state index is 0.223. The van der Waals surface area contributed by atoms with Crippen LogP contribution in [0.25, 0.3) is 22.3 Å². The molecule has 7 heteroatoms. The van der Waals surface area contributed by atoms with Gasteiger partial charge in [0.2, 0.25) is 0 Å². The predicted octanol–water partition coefficient (Wildman–Crippen LogP) is 3.83. The molecule has 1 N–H and O–H groups in total. The maximum atomic E-state index is 13.0. The van der Waals surface area contributed by atoms with E-state index in [1.165, 1.54) is 7.11 Å². The molecular formula is C25H24N4O3. The van der Waals surface area contributed by atoms with Gasteiger partial charge in [-0.3, -0.25) is 9.59 Å². The van der Waals surface area contributed by atoms with Crippen LogP contribution in [0.15, 0.2) is 72.9 Å². The number of aromatic nitrogens is 3. The van der Waals surface area contributed by atoms with E-state index in [9.17, 15) is 9.59 Å². The molecule has 1 amide bonds. The molecule has 4 rings (SSSR count). The van der Waals surface area contributed by atoms with Crippen LogP contribution in [0.4, 0.5) is 0 Å². The van der Waals surface area contributed by atoms with E-state index in [0.29, 0.717) is 41.8 Å². The Labute approximate surface area is 186 Å². The fourth-order valence-electron chi connectivity index (χ4n) is 3.50. The lowest BCUT2D eigenvalue weighted by molar-refractivity contribution is -0.140. The van der Waals surface area contributed by atoms with E-state index >= 15 is 0 Å². The summed E-state index contributed by atoms with van der Waals surface area (Å²) >= 11 is 0. The van der Waals surface area contributed by atoms with Crippen LogP contribution in [-0.4, -0.2) is 40.3 Å². The van der Waals surface area contributed by atoms with Crippen molar-refractivity contribution < 1.29 is 14.3 Å². The number of methoxy groups -OCH3 is 1. The molecule has 0 bridgehead atoms. The number of nitrogens with zero attached hydrogens (tertiary/aromatic N) is 3. The van der Waals surface area contributed by atoms with Gasteiger partial charge in [0, 0.05) is 18.5 Å². The van der Waals surface area contributed by atoms with Crippen molar-refractivity contribution in [2.45, 2.75) is 19.4 Å². The molecule has 0 fully saturated rings. The Morgan fingerprint density at radius 1 is 1.03 bits per heavy atom. The third-order valence-electron chi connectivity index (χ3n) is 5.17. The molecule has 7 nitrogen and oxygen atoms in total. The Morgan fingerprint density at radius 2 is 1.75 bits per heavy atom. The van der Waals surface area contributed by atoms with Crippen LogP contribution in [-0.2, 0) is 16.1 Å².